The second kappa shape index (κ2) is 25.3. The van der Waals surface area contributed by atoms with Crippen LogP contribution in [0.4, 0.5) is 0 Å². The summed E-state index contributed by atoms with van der Waals surface area (Å²) in [7, 11) is 3.63. The van der Waals surface area contributed by atoms with E-state index in [4.69, 9.17) is 23.7 Å². The third-order valence-corrected chi connectivity index (χ3v) is 4.18. The van der Waals surface area contributed by atoms with Gasteiger partial charge in [-0.25, -0.2) is 0 Å². The van der Waals surface area contributed by atoms with Crippen LogP contribution < -0.4 is 10.6 Å². The predicted octanol–water partition coefficient (Wildman–Crippen LogP) is 1.77. The molecule has 0 unspecified atom stereocenters. The maximum Gasteiger partial charge on any atom is 0.220 e. The van der Waals surface area contributed by atoms with E-state index in [1.165, 1.54) is 19.3 Å². The van der Waals surface area contributed by atoms with E-state index in [1.54, 1.807) is 7.11 Å². The fraction of sp³-hybridized carbons (Fsp3) is 0.952. The van der Waals surface area contributed by atoms with Gasteiger partial charge in [-0.2, -0.15) is 0 Å². The number of rotatable bonds is 24. The molecule has 0 radical (unpaired) electrons. The predicted molar refractivity (Wildman–Crippen MR) is 114 cm³/mol. The molecule has 0 aromatic heterocycles. The number of nitrogens with one attached hydrogen (secondary N) is 2. The van der Waals surface area contributed by atoms with Crippen LogP contribution in [0.2, 0.25) is 0 Å². The average molecular weight is 421 g/mol. The average Bonchev–Trinajstić information content (AvgIpc) is 2.72. The summed E-state index contributed by atoms with van der Waals surface area (Å²) in [6.45, 7) is 6.78. The maximum atomic E-state index is 11.7. The number of likely N-dealkylation sites (N-methyl/N-ethyl adjacent to an activating group) is 1. The summed E-state index contributed by atoms with van der Waals surface area (Å²) in [4.78, 5) is 11.7. The molecule has 0 aromatic rings. The Labute approximate surface area is 177 Å². The summed E-state index contributed by atoms with van der Waals surface area (Å²) in [6.07, 6.45) is 7.41. The normalized spacial score (nSPS) is 11.1. The third-order valence-electron chi connectivity index (χ3n) is 4.18. The Morgan fingerprint density at radius 1 is 0.621 bits per heavy atom. The number of methoxy groups -OCH3 is 1. The number of ether oxygens (including phenoxy) is 5. The van der Waals surface area contributed by atoms with Gasteiger partial charge in [-0.1, -0.05) is 25.7 Å². The summed E-state index contributed by atoms with van der Waals surface area (Å²) >= 11 is 0. The summed E-state index contributed by atoms with van der Waals surface area (Å²) in [5.74, 6) is 0.108. The highest BCUT2D eigenvalue weighted by Gasteiger charge is 2.00. The lowest BCUT2D eigenvalue weighted by atomic mass is 10.1. The Balaban J connectivity index is 3.12. The van der Waals surface area contributed by atoms with Gasteiger partial charge >= 0.3 is 0 Å². The first-order valence-corrected chi connectivity index (χ1v) is 11.0. The first-order valence-electron chi connectivity index (χ1n) is 11.0. The highest BCUT2D eigenvalue weighted by Crippen LogP contribution is 2.07. The maximum absolute atomic E-state index is 11.7. The van der Waals surface area contributed by atoms with Gasteiger partial charge in [-0.15, -0.1) is 0 Å². The van der Waals surface area contributed by atoms with Gasteiger partial charge < -0.3 is 34.3 Å². The molecule has 0 bridgehead atoms. The summed E-state index contributed by atoms with van der Waals surface area (Å²) in [6, 6.07) is 0. The van der Waals surface area contributed by atoms with E-state index < -0.39 is 0 Å². The molecule has 0 heterocycles. The van der Waals surface area contributed by atoms with Gasteiger partial charge in [-0.3, -0.25) is 4.79 Å². The molecule has 29 heavy (non-hydrogen) atoms. The van der Waals surface area contributed by atoms with Crippen molar-refractivity contribution in [3.05, 3.63) is 0 Å². The van der Waals surface area contributed by atoms with Gasteiger partial charge in [0.15, 0.2) is 0 Å². The molecule has 0 spiro atoms. The van der Waals surface area contributed by atoms with Crippen LogP contribution in [0.15, 0.2) is 0 Å². The summed E-state index contributed by atoms with van der Waals surface area (Å²) in [5.41, 5.74) is 0. The van der Waals surface area contributed by atoms with Crippen LogP contribution in [-0.4, -0.2) is 92.6 Å². The number of unbranched alkanes of at least 4 members (excludes halogenated alkanes) is 5. The van der Waals surface area contributed by atoms with Gasteiger partial charge in [-0.05, 0) is 19.9 Å². The fourth-order valence-electron chi connectivity index (χ4n) is 2.53. The molecule has 0 atom stereocenters. The summed E-state index contributed by atoms with van der Waals surface area (Å²) in [5, 5.41) is 5.90. The molecule has 174 valence electrons. The van der Waals surface area contributed by atoms with Crippen molar-refractivity contribution in [1.29, 1.82) is 0 Å². The quantitative estimate of drug-likeness (QED) is 0.230. The minimum absolute atomic E-state index is 0.108. The van der Waals surface area contributed by atoms with E-state index in [1.807, 2.05) is 7.05 Å². The molecule has 2 N–H and O–H groups in total. The van der Waals surface area contributed by atoms with E-state index in [2.05, 4.69) is 10.6 Å². The molecule has 1 amide bonds. The minimum atomic E-state index is 0.108. The second-order valence-electron chi connectivity index (χ2n) is 6.77. The lowest BCUT2D eigenvalue weighted by molar-refractivity contribution is -0.121. The van der Waals surface area contributed by atoms with Crippen LogP contribution in [0.3, 0.4) is 0 Å². The SMILES string of the molecule is CNCCOCCOCCOCCOCCNC(=O)CCCCCCCCOC. The monoisotopic (exact) mass is 420 g/mol. The van der Waals surface area contributed by atoms with Crippen molar-refractivity contribution >= 4 is 5.91 Å². The Hall–Kier alpha value is -0.770. The number of hydrogen-bond donors (Lipinski definition) is 2. The number of carbonyl (C=O) groups excluding carboxylic acids is 1. The minimum Gasteiger partial charge on any atom is -0.385 e. The number of carbonyl (C=O) groups is 1. The fourth-order valence-corrected chi connectivity index (χ4v) is 2.53. The molecule has 0 aliphatic carbocycles. The Morgan fingerprint density at radius 2 is 1.10 bits per heavy atom. The molecule has 8 heteroatoms. The van der Waals surface area contributed by atoms with Crippen LogP contribution >= 0.6 is 0 Å². The molecular formula is C21H44N2O6. The smallest absolute Gasteiger partial charge is 0.220 e. The Kier molecular flexibility index (Phi) is 24.6. The molecule has 0 saturated carbocycles. The standard InChI is InChI=1S/C21H44N2O6/c1-22-10-13-26-15-17-28-19-20-29-18-16-27-14-11-23-21(24)9-7-5-3-4-6-8-12-25-2/h22H,3-20H2,1-2H3,(H,23,24). The lowest BCUT2D eigenvalue weighted by Crippen LogP contribution is -2.27. The van der Waals surface area contributed by atoms with Gasteiger partial charge in [0, 0.05) is 33.2 Å². The van der Waals surface area contributed by atoms with E-state index >= 15 is 0 Å². The van der Waals surface area contributed by atoms with Crippen molar-refractivity contribution < 1.29 is 28.5 Å². The Bertz CT molecular complexity index is 334. The van der Waals surface area contributed by atoms with Crippen molar-refractivity contribution in [3.8, 4) is 0 Å². The van der Waals surface area contributed by atoms with Crippen LogP contribution in [0.5, 0.6) is 0 Å². The zero-order valence-corrected chi connectivity index (χ0v) is 18.7. The zero-order valence-electron chi connectivity index (χ0n) is 18.7. The van der Waals surface area contributed by atoms with Crippen molar-refractivity contribution in [2.24, 2.45) is 0 Å². The molecule has 0 fully saturated rings. The molecule has 0 saturated heterocycles. The molecule has 0 aliphatic rings. The van der Waals surface area contributed by atoms with Crippen LogP contribution in [0.25, 0.3) is 0 Å². The largest absolute Gasteiger partial charge is 0.385 e. The van der Waals surface area contributed by atoms with Crippen molar-refractivity contribution in [3.63, 3.8) is 0 Å². The number of hydrogen-bond acceptors (Lipinski definition) is 7. The Morgan fingerprint density at radius 3 is 1.66 bits per heavy atom. The number of amides is 1. The topological polar surface area (TPSA) is 87.3 Å². The van der Waals surface area contributed by atoms with Gasteiger partial charge in [0.05, 0.1) is 52.9 Å². The van der Waals surface area contributed by atoms with E-state index in [0.29, 0.717) is 65.8 Å². The second-order valence-corrected chi connectivity index (χ2v) is 6.77. The molecular weight excluding hydrogens is 376 g/mol. The van der Waals surface area contributed by atoms with Gasteiger partial charge in [0.1, 0.15) is 0 Å². The first-order chi connectivity index (χ1) is 14.3. The van der Waals surface area contributed by atoms with Crippen LogP contribution in [-0.2, 0) is 28.5 Å². The first kappa shape index (κ1) is 28.2. The molecule has 8 nitrogen and oxygen atoms in total. The third kappa shape index (κ3) is 25.2. The molecule has 0 rings (SSSR count). The van der Waals surface area contributed by atoms with Gasteiger partial charge in [0.25, 0.3) is 0 Å². The molecule has 0 aromatic carbocycles. The van der Waals surface area contributed by atoms with Crippen molar-refractivity contribution in [2.45, 2.75) is 44.9 Å². The van der Waals surface area contributed by atoms with Crippen LogP contribution in [0.1, 0.15) is 44.9 Å². The highest BCUT2D eigenvalue weighted by molar-refractivity contribution is 5.75. The van der Waals surface area contributed by atoms with Crippen LogP contribution in [0, 0.1) is 0 Å². The summed E-state index contributed by atoms with van der Waals surface area (Å²) < 4.78 is 26.6. The van der Waals surface area contributed by atoms with E-state index in [0.717, 1.165) is 32.4 Å². The molecule has 0 aliphatic heterocycles. The zero-order chi connectivity index (χ0) is 21.3. The van der Waals surface area contributed by atoms with Gasteiger partial charge in [0.2, 0.25) is 5.91 Å². The van der Waals surface area contributed by atoms with E-state index in [-0.39, 0.29) is 5.91 Å². The van der Waals surface area contributed by atoms with E-state index in [9.17, 15) is 4.79 Å². The van der Waals surface area contributed by atoms with Crippen molar-refractivity contribution in [1.82, 2.24) is 10.6 Å². The lowest BCUT2D eigenvalue weighted by Gasteiger charge is -2.08. The highest BCUT2D eigenvalue weighted by atomic mass is 16.6. The van der Waals surface area contributed by atoms with Crippen molar-refractivity contribution in [2.75, 3.05) is 86.7 Å².